The minimum Gasteiger partial charge on any atom is -0.339 e. The van der Waals surface area contributed by atoms with Gasteiger partial charge in [0, 0.05) is 30.3 Å². The summed E-state index contributed by atoms with van der Waals surface area (Å²) in [7, 11) is 1.78. The summed E-state index contributed by atoms with van der Waals surface area (Å²) in [6.45, 7) is 7.82. The van der Waals surface area contributed by atoms with Crippen molar-refractivity contribution in [2.45, 2.75) is 40.2 Å². The van der Waals surface area contributed by atoms with Crippen molar-refractivity contribution in [3.8, 4) is 0 Å². The smallest absolute Gasteiger partial charge is 0.253 e. The van der Waals surface area contributed by atoms with Crippen LogP contribution in [0.1, 0.15) is 44.5 Å². The molecular formula is C16H24N2O2. The highest BCUT2D eigenvalue weighted by atomic mass is 16.2. The summed E-state index contributed by atoms with van der Waals surface area (Å²) in [5.74, 6) is -0.0194. The Hall–Kier alpha value is -1.84. The van der Waals surface area contributed by atoms with Crippen LogP contribution in [0.25, 0.3) is 0 Å². The number of carbonyl (C=O) groups is 2. The van der Waals surface area contributed by atoms with E-state index in [9.17, 15) is 9.59 Å². The molecule has 4 heteroatoms. The van der Waals surface area contributed by atoms with Crippen LogP contribution >= 0.6 is 0 Å². The molecule has 0 heterocycles. The van der Waals surface area contributed by atoms with Crippen LogP contribution in [0.5, 0.6) is 0 Å². The fraction of sp³-hybridized carbons (Fsp3) is 0.500. The van der Waals surface area contributed by atoms with Crippen molar-refractivity contribution in [3.05, 3.63) is 29.8 Å². The van der Waals surface area contributed by atoms with Gasteiger partial charge in [0.2, 0.25) is 5.91 Å². The number of nitrogens with zero attached hydrogens (tertiary/aromatic N) is 1. The lowest BCUT2D eigenvalue weighted by Crippen LogP contribution is -2.32. The molecular weight excluding hydrogens is 252 g/mol. The first-order chi connectivity index (χ1) is 9.36. The van der Waals surface area contributed by atoms with Crippen molar-refractivity contribution in [3.63, 3.8) is 0 Å². The van der Waals surface area contributed by atoms with Gasteiger partial charge >= 0.3 is 0 Å². The van der Waals surface area contributed by atoms with Crippen molar-refractivity contribution in [2.75, 3.05) is 12.4 Å². The molecule has 0 aliphatic carbocycles. The van der Waals surface area contributed by atoms with Crippen LogP contribution in [-0.2, 0) is 4.79 Å². The minimum absolute atomic E-state index is 0.00544. The second kappa shape index (κ2) is 7.08. The van der Waals surface area contributed by atoms with E-state index in [0.717, 1.165) is 12.1 Å². The van der Waals surface area contributed by atoms with Gasteiger partial charge in [-0.05, 0) is 44.5 Å². The molecule has 0 saturated heterocycles. The van der Waals surface area contributed by atoms with Crippen LogP contribution in [0.3, 0.4) is 0 Å². The van der Waals surface area contributed by atoms with Crippen molar-refractivity contribution < 1.29 is 9.59 Å². The van der Waals surface area contributed by atoms with Gasteiger partial charge < -0.3 is 10.2 Å². The first-order valence-corrected chi connectivity index (χ1v) is 7.04. The molecule has 0 spiro atoms. The van der Waals surface area contributed by atoms with Crippen molar-refractivity contribution >= 4 is 17.5 Å². The van der Waals surface area contributed by atoms with E-state index in [0.29, 0.717) is 5.56 Å². The predicted octanol–water partition coefficient (Wildman–Crippen LogP) is 3.15. The molecule has 1 N–H and O–H groups in total. The molecule has 0 aliphatic heterocycles. The molecule has 1 unspecified atom stereocenters. The van der Waals surface area contributed by atoms with Crippen LogP contribution in [0.2, 0.25) is 0 Å². The number of rotatable bonds is 5. The third kappa shape index (κ3) is 4.08. The lowest BCUT2D eigenvalue weighted by Gasteiger charge is -2.21. The maximum Gasteiger partial charge on any atom is 0.253 e. The Morgan fingerprint density at radius 1 is 1.15 bits per heavy atom. The minimum atomic E-state index is -0.0141. The Morgan fingerprint density at radius 3 is 2.15 bits per heavy atom. The lowest BCUT2D eigenvalue weighted by molar-refractivity contribution is -0.119. The number of anilines is 1. The van der Waals surface area contributed by atoms with E-state index >= 15 is 0 Å². The maximum absolute atomic E-state index is 12.1. The average Bonchev–Trinajstić information content (AvgIpc) is 2.45. The summed E-state index contributed by atoms with van der Waals surface area (Å²) < 4.78 is 0. The van der Waals surface area contributed by atoms with E-state index in [1.54, 1.807) is 36.2 Å². The van der Waals surface area contributed by atoms with Gasteiger partial charge in [0.15, 0.2) is 0 Å². The Morgan fingerprint density at radius 2 is 1.70 bits per heavy atom. The molecule has 20 heavy (non-hydrogen) atoms. The number of carbonyl (C=O) groups excluding carboxylic acids is 2. The van der Waals surface area contributed by atoms with Gasteiger partial charge in [0.05, 0.1) is 0 Å². The number of amides is 2. The van der Waals surface area contributed by atoms with Crippen molar-refractivity contribution in [2.24, 2.45) is 5.92 Å². The maximum atomic E-state index is 12.1. The Balaban J connectivity index is 2.74. The highest BCUT2D eigenvalue weighted by molar-refractivity contribution is 5.96. The van der Waals surface area contributed by atoms with Gasteiger partial charge in [-0.3, -0.25) is 9.59 Å². The molecule has 1 aromatic rings. The van der Waals surface area contributed by atoms with E-state index in [1.165, 1.54) is 0 Å². The monoisotopic (exact) mass is 276 g/mol. The van der Waals surface area contributed by atoms with Gasteiger partial charge in [0.1, 0.15) is 0 Å². The van der Waals surface area contributed by atoms with Crippen molar-refractivity contribution in [1.29, 1.82) is 0 Å². The number of benzene rings is 1. The van der Waals surface area contributed by atoms with Crippen LogP contribution < -0.4 is 5.32 Å². The zero-order chi connectivity index (χ0) is 15.3. The fourth-order valence-electron chi connectivity index (χ4n) is 1.59. The molecule has 0 aromatic heterocycles. The highest BCUT2D eigenvalue weighted by Crippen LogP contribution is 2.14. The van der Waals surface area contributed by atoms with Crippen LogP contribution in [0, 0.1) is 5.92 Å². The van der Waals surface area contributed by atoms with Gasteiger partial charge in [-0.1, -0.05) is 13.8 Å². The second-order valence-corrected chi connectivity index (χ2v) is 5.39. The van der Waals surface area contributed by atoms with Gasteiger partial charge in [-0.25, -0.2) is 0 Å². The summed E-state index contributed by atoms with van der Waals surface area (Å²) in [4.78, 5) is 25.6. The van der Waals surface area contributed by atoms with Crippen LogP contribution in [-0.4, -0.2) is 29.8 Å². The third-order valence-corrected chi connectivity index (χ3v) is 3.55. The molecule has 0 saturated carbocycles. The van der Waals surface area contributed by atoms with Crippen molar-refractivity contribution in [1.82, 2.24) is 4.90 Å². The largest absolute Gasteiger partial charge is 0.339 e. The molecule has 0 fully saturated rings. The Bertz CT molecular complexity index is 466. The number of nitrogens with one attached hydrogen (secondary N) is 1. The number of hydrogen-bond acceptors (Lipinski definition) is 2. The van der Waals surface area contributed by atoms with E-state index in [4.69, 9.17) is 0 Å². The van der Waals surface area contributed by atoms with Gasteiger partial charge in [-0.2, -0.15) is 0 Å². The molecule has 0 radical (unpaired) electrons. The summed E-state index contributed by atoms with van der Waals surface area (Å²) in [5, 5.41) is 2.85. The van der Waals surface area contributed by atoms with E-state index in [1.807, 2.05) is 27.7 Å². The quantitative estimate of drug-likeness (QED) is 0.898. The molecule has 0 aliphatic rings. The van der Waals surface area contributed by atoms with E-state index in [-0.39, 0.29) is 23.8 Å². The first-order valence-electron chi connectivity index (χ1n) is 7.04. The molecule has 4 nitrogen and oxygen atoms in total. The number of hydrogen-bond donors (Lipinski definition) is 1. The first kappa shape index (κ1) is 16.2. The zero-order valence-corrected chi connectivity index (χ0v) is 12.9. The second-order valence-electron chi connectivity index (χ2n) is 5.39. The summed E-state index contributed by atoms with van der Waals surface area (Å²) in [5.41, 5.74) is 1.35. The normalized spacial score (nSPS) is 12.1. The van der Waals surface area contributed by atoms with E-state index < -0.39 is 0 Å². The lowest BCUT2D eigenvalue weighted by atomic mass is 10.1. The average molecular weight is 276 g/mol. The molecule has 1 aromatic carbocycles. The topological polar surface area (TPSA) is 49.4 Å². The van der Waals surface area contributed by atoms with Gasteiger partial charge in [0.25, 0.3) is 5.91 Å². The standard InChI is InChI=1S/C16H24N2O2/c1-6-12(4)15(19)17-14-9-7-13(8-10-14)16(20)18(5)11(2)3/h7-12H,6H2,1-5H3,(H,17,19). The SMILES string of the molecule is CCC(C)C(=O)Nc1ccc(C(=O)N(C)C(C)C)cc1. The predicted molar refractivity (Wildman–Crippen MR) is 81.8 cm³/mol. The molecule has 0 bridgehead atoms. The highest BCUT2D eigenvalue weighted by Gasteiger charge is 2.15. The Kier molecular flexibility index (Phi) is 5.74. The van der Waals surface area contributed by atoms with E-state index in [2.05, 4.69) is 5.32 Å². The Labute approximate surface area is 121 Å². The molecule has 2 amide bonds. The molecule has 110 valence electrons. The summed E-state index contributed by atoms with van der Waals surface area (Å²) >= 11 is 0. The van der Waals surface area contributed by atoms with Crippen LogP contribution in [0.15, 0.2) is 24.3 Å². The summed E-state index contributed by atoms with van der Waals surface area (Å²) in [6, 6.07) is 7.18. The van der Waals surface area contributed by atoms with Crippen LogP contribution in [0.4, 0.5) is 5.69 Å². The molecule has 1 atom stereocenters. The summed E-state index contributed by atoms with van der Waals surface area (Å²) in [6.07, 6.45) is 0.807. The van der Waals surface area contributed by atoms with Gasteiger partial charge in [-0.15, -0.1) is 0 Å². The third-order valence-electron chi connectivity index (χ3n) is 3.55. The molecule has 1 rings (SSSR count). The fourth-order valence-corrected chi connectivity index (χ4v) is 1.59. The zero-order valence-electron chi connectivity index (χ0n) is 12.9.